The molecule has 0 bridgehead atoms. The average molecular weight is 305 g/mol. The van der Waals surface area contributed by atoms with Crippen LogP contribution in [0.5, 0.6) is 0 Å². The fourth-order valence-electron chi connectivity index (χ4n) is 2.65. The Bertz CT molecular complexity index is 609. The molecule has 1 aliphatic heterocycles. The van der Waals surface area contributed by atoms with Gasteiger partial charge in [0.25, 0.3) is 5.91 Å². The number of aromatic amines is 1. The Kier molecular flexibility index (Phi) is 4.03. The van der Waals surface area contributed by atoms with Gasteiger partial charge in [-0.3, -0.25) is 9.69 Å². The molecule has 1 amide bonds. The quantitative estimate of drug-likeness (QED) is 0.934. The molecule has 3 heterocycles. The van der Waals surface area contributed by atoms with Crippen LogP contribution >= 0.6 is 11.3 Å². The second-order valence-electron chi connectivity index (χ2n) is 5.20. The smallest absolute Gasteiger partial charge is 0.265 e. The topological polar surface area (TPSA) is 65.1 Å². The van der Waals surface area contributed by atoms with Crippen molar-refractivity contribution in [3.05, 3.63) is 34.3 Å². The molecule has 21 heavy (non-hydrogen) atoms. The van der Waals surface area contributed by atoms with E-state index in [1.807, 2.05) is 18.0 Å². The first-order valence-corrected chi connectivity index (χ1v) is 7.99. The fourth-order valence-corrected chi connectivity index (χ4v) is 3.50. The third-order valence-electron chi connectivity index (χ3n) is 3.94. The van der Waals surface area contributed by atoms with Crippen LogP contribution in [0.25, 0.3) is 0 Å². The van der Waals surface area contributed by atoms with Crippen LogP contribution in [0.4, 0.5) is 0 Å². The zero-order valence-electron chi connectivity index (χ0n) is 12.2. The molecule has 0 aromatic carbocycles. The van der Waals surface area contributed by atoms with Crippen LogP contribution in [-0.4, -0.2) is 57.3 Å². The first-order chi connectivity index (χ1) is 10.2. The number of piperazine rings is 1. The van der Waals surface area contributed by atoms with Gasteiger partial charge >= 0.3 is 0 Å². The lowest BCUT2D eigenvalue weighted by Gasteiger charge is -2.38. The van der Waals surface area contributed by atoms with Gasteiger partial charge in [0.1, 0.15) is 10.7 Å². The van der Waals surface area contributed by atoms with Crippen LogP contribution in [0.15, 0.2) is 17.9 Å². The number of aryl methyl sites for hydroxylation is 1. The zero-order valence-corrected chi connectivity index (χ0v) is 13.1. The van der Waals surface area contributed by atoms with Crippen molar-refractivity contribution in [3.63, 3.8) is 0 Å². The van der Waals surface area contributed by atoms with Gasteiger partial charge < -0.3 is 9.88 Å². The maximum absolute atomic E-state index is 12.7. The summed E-state index contributed by atoms with van der Waals surface area (Å²) in [6.07, 6.45) is 4.37. The zero-order chi connectivity index (χ0) is 14.8. The summed E-state index contributed by atoms with van der Waals surface area (Å²) in [4.78, 5) is 29.4. The van der Waals surface area contributed by atoms with Crippen LogP contribution in [0.3, 0.4) is 0 Å². The molecule has 3 rings (SSSR count). The van der Waals surface area contributed by atoms with E-state index in [1.165, 1.54) is 11.3 Å². The van der Waals surface area contributed by atoms with Crippen LogP contribution in [0, 0.1) is 0 Å². The van der Waals surface area contributed by atoms with Crippen molar-refractivity contribution in [2.45, 2.75) is 19.4 Å². The fraction of sp³-hybridized carbons (Fsp3) is 0.500. The maximum Gasteiger partial charge on any atom is 0.265 e. The largest absolute Gasteiger partial charge is 0.347 e. The molecule has 7 heteroatoms. The number of carbonyl (C=O) groups is 1. The highest BCUT2D eigenvalue weighted by Gasteiger charge is 2.31. The van der Waals surface area contributed by atoms with Crippen LogP contribution in [0.1, 0.15) is 34.2 Å². The molecule has 6 nitrogen and oxygen atoms in total. The molecular weight excluding hydrogens is 286 g/mol. The van der Waals surface area contributed by atoms with Crippen molar-refractivity contribution >= 4 is 17.2 Å². The second kappa shape index (κ2) is 5.95. The molecule has 2 aromatic rings. The highest BCUT2D eigenvalue weighted by Crippen LogP contribution is 2.24. The van der Waals surface area contributed by atoms with E-state index in [-0.39, 0.29) is 11.9 Å². The van der Waals surface area contributed by atoms with Crippen molar-refractivity contribution in [1.29, 1.82) is 0 Å². The average Bonchev–Trinajstić information content (AvgIpc) is 3.18. The van der Waals surface area contributed by atoms with Gasteiger partial charge in [0.15, 0.2) is 0 Å². The summed E-state index contributed by atoms with van der Waals surface area (Å²) < 4.78 is 0. The maximum atomic E-state index is 12.7. The predicted molar refractivity (Wildman–Crippen MR) is 81.4 cm³/mol. The lowest BCUT2D eigenvalue weighted by atomic mass is 10.1. The van der Waals surface area contributed by atoms with E-state index in [1.54, 1.807) is 11.7 Å². The number of nitrogens with one attached hydrogen (secondary N) is 1. The Balaban J connectivity index is 1.79. The molecule has 1 aliphatic rings. The van der Waals surface area contributed by atoms with Gasteiger partial charge in [-0.15, -0.1) is 11.3 Å². The normalized spacial score (nSPS) is 19.9. The minimum atomic E-state index is 0.0963. The van der Waals surface area contributed by atoms with Crippen molar-refractivity contribution in [1.82, 2.24) is 24.8 Å². The minimum absolute atomic E-state index is 0.0963. The van der Waals surface area contributed by atoms with E-state index in [0.29, 0.717) is 6.54 Å². The molecule has 1 N–H and O–H groups in total. The minimum Gasteiger partial charge on any atom is -0.347 e. The number of hydrogen-bond donors (Lipinski definition) is 1. The number of nitrogens with zero attached hydrogens (tertiary/aromatic N) is 4. The molecule has 1 atom stereocenters. The SMILES string of the molecule is CCc1ncsc1C(=O)N1CCN(C)[C@H](c2ncc[nH]2)C1. The van der Waals surface area contributed by atoms with Gasteiger partial charge in [-0.1, -0.05) is 6.92 Å². The van der Waals surface area contributed by atoms with Crippen molar-refractivity contribution in [2.24, 2.45) is 0 Å². The lowest BCUT2D eigenvalue weighted by Crippen LogP contribution is -2.49. The summed E-state index contributed by atoms with van der Waals surface area (Å²) >= 11 is 1.44. The van der Waals surface area contributed by atoms with Crippen molar-refractivity contribution in [2.75, 3.05) is 26.7 Å². The number of H-pyrrole nitrogens is 1. The first kappa shape index (κ1) is 14.2. The summed E-state index contributed by atoms with van der Waals surface area (Å²) in [5.74, 6) is 1.01. The molecule has 0 radical (unpaired) electrons. The molecule has 0 aliphatic carbocycles. The third kappa shape index (κ3) is 2.71. The van der Waals surface area contributed by atoms with Crippen LogP contribution in [0.2, 0.25) is 0 Å². The first-order valence-electron chi connectivity index (χ1n) is 7.11. The monoisotopic (exact) mass is 305 g/mol. The Hall–Kier alpha value is -1.73. The molecule has 0 saturated carbocycles. The van der Waals surface area contributed by atoms with E-state index < -0.39 is 0 Å². The Morgan fingerprint density at radius 2 is 2.33 bits per heavy atom. The van der Waals surface area contributed by atoms with E-state index in [2.05, 4.69) is 26.9 Å². The van der Waals surface area contributed by atoms with Crippen molar-refractivity contribution in [3.8, 4) is 0 Å². The Morgan fingerprint density at radius 1 is 1.48 bits per heavy atom. The molecule has 2 aromatic heterocycles. The van der Waals surface area contributed by atoms with E-state index in [4.69, 9.17) is 0 Å². The highest BCUT2D eigenvalue weighted by molar-refractivity contribution is 7.11. The van der Waals surface area contributed by atoms with E-state index in [0.717, 1.165) is 35.9 Å². The standard InChI is InChI=1S/C14H19N5OS/c1-3-10-12(21-9-17-10)14(20)19-7-6-18(2)11(8-19)13-15-4-5-16-13/h4-5,9,11H,3,6-8H2,1-2H3,(H,15,16)/t11-/m0/s1. The molecular formula is C14H19N5OS. The second-order valence-corrected chi connectivity index (χ2v) is 6.06. The van der Waals surface area contributed by atoms with Gasteiger partial charge in [0.2, 0.25) is 0 Å². The number of thiazole rings is 1. The van der Waals surface area contributed by atoms with Gasteiger partial charge in [0.05, 0.1) is 17.2 Å². The molecule has 0 spiro atoms. The number of carbonyl (C=O) groups excluding carboxylic acids is 1. The molecule has 112 valence electrons. The highest BCUT2D eigenvalue weighted by atomic mass is 32.1. The predicted octanol–water partition coefficient (Wildman–Crippen LogP) is 1.56. The van der Waals surface area contributed by atoms with Gasteiger partial charge in [-0.05, 0) is 13.5 Å². The molecule has 0 unspecified atom stereocenters. The van der Waals surface area contributed by atoms with E-state index in [9.17, 15) is 4.79 Å². The van der Waals surface area contributed by atoms with Gasteiger partial charge in [-0.2, -0.15) is 0 Å². The number of aromatic nitrogens is 3. The van der Waals surface area contributed by atoms with Crippen LogP contribution < -0.4 is 0 Å². The van der Waals surface area contributed by atoms with Gasteiger partial charge in [-0.25, -0.2) is 9.97 Å². The summed E-state index contributed by atoms with van der Waals surface area (Å²) in [6, 6.07) is 0.121. The third-order valence-corrected chi connectivity index (χ3v) is 4.80. The van der Waals surface area contributed by atoms with Gasteiger partial charge in [0, 0.05) is 32.0 Å². The van der Waals surface area contributed by atoms with Crippen molar-refractivity contribution < 1.29 is 4.79 Å². The van der Waals surface area contributed by atoms with E-state index >= 15 is 0 Å². The molecule has 1 fully saturated rings. The lowest BCUT2D eigenvalue weighted by molar-refractivity contribution is 0.0538. The molecule has 1 saturated heterocycles. The Labute approximate surface area is 127 Å². The van der Waals surface area contributed by atoms with Crippen LogP contribution in [-0.2, 0) is 6.42 Å². The number of imidazole rings is 1. The number of amides is 1. The summed E-state index contributed by atoms with van der Waals surface area (Å²) in [6.45, 7) is 4.27. The Morgan fingerprint density at radius 3 is 3.05 bits per heavy atom. The summed E-state index contributed by atoms with van der Waals surface area (Å²) in [7, 11) is 2.07. The number of hydrogen-bond acceptors (Lipinski definition) is 5. The summed E-state index contributed by atoms with van der Waals surface area (Å²) in [5, 5.41) is 0. The number of rotatable bonds is 3. The summed E-state index contributed by atoms with van der Waals surface area (Å²) in [5.41, 5.74) is 2.66. The number of likely N-dealkylation sites (N-methyl/N-ethyl adjacent to an activating group) is 1.